The molecule has 1 aromatic rings. The summed E-state index contributed by atoms with van der Waals surface area (Å²) in [5.74, 6) is -0.371. The van der Waals surface area contributed by atoms with Crippen molar-refractivity contribution in [2.45, 2.75) is 41.2 Å². The fourth-order valence-electron chi connectivity index (χ4n) is 2.16. The summed E-state index contributed by atoms with van der Waals surface area (Å²) in [6.45, 7) is 9.67. The maximum atomic E-state index is 11.0. The lowest BCUT2D eigenvalue weighted by molar-refractivity contribution is -0.142. The van der Waals surface area contributed by atoms with E-state index in [4.69, 9.17) is 16.2 Å². The molecule has 4 N–H and O–H groups in total. The largest absolute Gasteiger partial charge is 0.461 e. The average Bonchev–Trinajstić information content (AvgIpc) is 2.40. The average molecular weight is 290 g/mol. The first kappa shape index (κ1) is 16.7. The van der Waals surface area contributed by atoms with Crippen LogP contribution < -0.4 is 11.5 Å². The molecule has 0 heterocycles. The Morgan fingerprint density at radius 2 is 1.62 bits per heavy atom. The van der Waals surface area contributed by atoms with Crippen molar-refractivity contribution < 1.29 is 9.53 Å². The van der Waals surface area contributed by atoms with Crippen molar-refractivity contribution in [1.82, 2.24) is 0 Å². The highest BCUT2D eigenvalue weighted by atomic mass is 16.5. The molecule has 0 aliphatic rings. The zero-order chi connectivity index (χ0) is 16.2. The van der Waals surface area contributed by atoms with Gasteiger partial charge in [0.05, 0.1) is 6.21 Å². The Balaban J connectivity index is 3.29. The number of hydrogen-bond donors (Lipinski definition) is 2. The predicted molar refractivity (Wildman–Crippen MR) is 84.3 cm³/mol. The SMILES string of the molecule is CC(=O)OCc1c(C)c(C)c(C=NN=C(N)N)c(C)c1C. The van der Waals surface area contributed by atoms with Gasteiger partial charge in [0.2, 0.25) is 5.96 Å². The molecule has 0 aliphatic heterocycles. The summed E-state index contributed by atoms with van der Waals surface area (Å²) in [5, 5.41) is 7.49. The second kappa shape index (κ2) is 6.88. The Hall–Kier alpha value is -2.37. The summed E-state index contributed by atoms with van der Waals surface area (Å²) in [4.78, 5) is 11.0. The fourth-order valence-corrected chi connectivity index (χ4v) is 2.16. The maximum Gasteiger partial charge on any atom is 0.302 e. The molecule has 6 nitrogen and oxygen atoms in total. The fraction of sp³-hybridized carbons (Fsp3) is 0.400. The Bertz CT molecular complexity index is 586. The van der Waals surface area contributed by atoms with Gasteiger partial charge in [0.25, 0.3) is 0 Å². The normalized spacial score (nSPS) is 10.7. The number of carbonyl (C=O) groups excluding carboxylic acids is 1. The molecule has 0 spiro atoms. The molecule has 0 fully saturated rings. The third-order valence-electron chi connectivity index (χ3n) is 3.62. The number of ether oxygens (including phenoxy) is 1. The lowest BCUT2D eigenvalue weighted by Crippen LogP contribution is -2.21. The van der Waals surface area contributed by atoms with Crippen LogP contribution in [-0.2, 0) is 16.1 Å². The van der Waals surface area contributed by atoms with E-state index in [9.17, 15) is 4.79 Å². The Labute approximate surface area is 124 Å². The number of carbonyl (C=O) groups is 1. The highest BCUT2D eigenvalue weighted by Gasteiger charge is 2.14. The van der Waals surface area contributed by atoms with E-state index in [-0.39, 0.29) is 18.5 Å². The number of rotatable bonds is 4. The van der Waals surface area contributed by atoms with E-state index in [2.05, 4.69) is 10.2 Å². The van der Waals surface area contributed by atoms with Crippen molar-refractivity contribution in [3.8, 4) is 0 Å². The van der Waals surface area contributed by atoms with Gasteiger partial charge >= 0.3 is 5.97 Å². The molecular weight excluding hydrogens is 268 g/mol. The van der Waals surface area contributed by atoms with E-state index < -0.39 is 0 Å². The van der Waals surface area contributed by atoms with Gasteiger partial charge in [0.1, 0.15) is 6.61 Å². The van der Waals surface area contributed by atoms with Crippen LogP contribution in [0.25, 0.3) is 0 Å². The standard InChI is InChI=1S/C15H22N4O2/c1-8-10(3)14(7-21-12(5)20)11(4)9(2)13(8)6-18-19-15(16)17/h6H,7H2,1-5H3,(H4,16,17,19). The second-order valence-electron chi connectivity index (χ2n) is 4.94. The summed E-state index contributed by atoms with van der Waals surface area (Å²) in [6, 6.07) is 0. The van der Waals surface area contributed by atoms with Gasteiger partial charge in [-0.25, -0.2) is 0 Å². The van der Waals surface area contributed by atoms with Crippen LogP contribution >= 0.6 is 0 Å². The summed E-state index contributed by atoms with van der Waals surface area (Å²) in [6.07, 6.45) is 1.64. The van der Waals surface area contributed by atoms with Gasteiger partial charge < -0.3 is 16.2 Å². The summed E-state index contributed by atoms with van der Waals surface area (Å²) in [5.41, 5.74) is 16.8. The third kappa shape index (κ3) is 4.05. The molecular formula is C15H22N4O2. The molecule has 0 saturated carbocycles. The van der Waals surface area contributed by atoms with Crippen LogP contribution in [0.2, 0.25) is 0 Å². The lowest BCUT2D eigenvalue weighted by atomic mass is 9.89. The zero-order valence-corrected chi connectivity index (χ0v) is 13.2. The van der Waals surface area contributed by atoms with Gasteiger partial charge in [-0.05, 0) is 55.5 Å². The van der Waals surface area contributed by atoms with E-state index in [0.29, 0.717) is 0 Å². The van der Waals surface area contributed by atoms with Gasteiger partial charge in [0.15, 0.2) is 0 Å². The first-order valence-corrected chi connectivity index (χ1v) is 6.60. The first-order chi connectivity index (χ1) is 9.75. The van der Waals surface area contributed by atoms with Crippen LogP contribution in [0, 0.1) is 27.7 Å². The van der Waals surface area contributed by atoms with Gasteiger partial charge in [-0.15, -0.1) is 5.10 Å². The molecule has 0 bridgehead atoms. The van der Waals surface area contributed by atoms with Crippen molar-refractivity contribution in [1.29, 1.82) is 0 Å². The van der Waals surface area contributed by atoms with Crippen LogP contribution in [0.3, 0.4) is 0 Å². The van der Waals surface area contributed by atoms with E-state index in [1.165, 1.54) is 6.92 Å². The summed E-state index contributed by atoms with van der Waals surface area (Å²) < 4.78 is 5.12. The molecule has 1 rings (SSSR count). The van der Waals surface area contributed by atoms with E-state index >= 15 is 0 Å². The minimum atomic E-state index is -0.289. The monoisotopic (exact) mass is 290 g/mol. The quantitative estimate of drug-likeness (QED) is 0.380. The Morgan fingerprint density at radius 1 is 1.10 bits per heavy atom. The minimum absolute atomic E-state index is 0.0820. The van der Waals surface area contributed by atoms with Crippen LogP contribution in [0.4, 0.5) is 0 Å². The topological polar surface area (TPSA) is 103 Å². The van der Waals surface area contributed by atoms with Gasteiger partial charge in [-0.2, -0.15) is 5.10 Å². The number of guanidine groups is 1. The molecule has 6 heteroatoms. The van der Waals surface area contributed by atoms with Gasteiger partial charge in [-0.1, -0.05) is 0 Å². The van der Waals surface area contributed by atoms with Gasteiger partial charge in [0, 0.05) is 12.5 Å². The molecule has 0 amide bonds. The molecule has 0 aliphatic carbocycles. The van der Waals surface area contributed by atoms with E-state index in [1.807, 2.05) is 27.7 Å². The van der Waals surface area contributed by atoms with Crippen molar-refractivity contribution in [2.24, 2.45) is 21.7 Å². The van der Waals surface area contributed by atoms with E-state index in [1.54, 1.807) is 6.21 Å². The van der Waals surface area contributed by atoms with E-state index in [0.717, 1.165) is 33.4 Å². The van der Waals surface area contributed by atoms with Crippen molar-refractivity contribution >= 4 is 18.1 Å². The second-order valence-corrected chi connectivity index (χ2v) is 4.94. The molecule has 0 unspecified atom stereocenters. The number of nitrogens with two attached hydrogens (primary N) is 2. The zero-order valence-electron chi connectivity index (χ0n) is 13.2. The highest BCUT2D eigenvalue weighted by Crippen LogP contribution is 2.26. The number of esters is 1. The maximum absolute atomic E-state index is 11.0. The molecule has 0 saturated heterocycles. The molecule has 0 aromatic heterocycles. The summed E-state index contributed by atoms with van der Waals surface area (Å²) >= 11 is 0. The minimum Gasteiger partial charge on any atom is -0.461 e. The molecule has 0 atom stereocenters. The Kier molecular flexibility index (Phi) is 5.46. The van der Waals surface area contributed by atoms with Crippen LogP contribution in [0.1, 0.15) is 40.3 Å². The molecule has 1 aromatic carbocycles. The van der Waals surface area contributed by atoms with Crippen LogP contribution in [0.5, 0.6) is 0 Å². The van der Waals surface area contributed by atoms with Crippen molar-refractivity contribution in [3.05, 3.63) is 33.4 Å². The predicted octanol–water partition coefficient (Wildman–Crippen LogP) is 1.59. The van der Waals surface area contributed by atoms with Crippen LogP contribution in [0.15, 0.2) is 10.2 Å². The Morgan fingerprint density at radius 3 is 2.05 bits per heavy atom. The number of benzene rings is 1. The molecule has 21 heavy (non-hydrogen) atoms. The third-order valence-corrected chi connectivity index (χ3v) is 3.62. The van der Waals surface area contributed by atoms with Gasteiger partial charge in [-0.3, -0.25) is 4.79 Å². The lowest BCUT2D eigenvalue weighted by Gasteiger charge is -2.18. The first-order valence-electron chi connectivity index (χ1n) is 6.60. The summed E-state index contributed by atoms with van der Waals surface area (Å²) in [7, 11) is 0. The van der Waals surface area contributed by atoms with Crippen LogP contribution in [-0.4, -0.2) is 18.1 Å². The number of nitrogens with zero attached hydrogens (tertiary/aromatic N) is 2. The van der Waals surface area contributed by atoms with Crippen molar-refractivity contribution in [3.63, 3.8) is 0 Å². The van der Waals surface area contributed by atoms with Crippen molar-refractivity contribution in [2.75, 3.05) is 0 Å². The smallest absolute Gasteiger partial charge is 0.302 e. The number of hydrogen-bond acceptors (Lipinski definition) is 4. The molecule has 114 valence electrons. The molecule has 0 radical (unpaired) electrons. The highest BCUT2D eigenvalue weighted by molar-refractivity contribution is 5.86.